The van der Waals surface area contributed by atoms with Crippen LogP contribution in [0.4, 0.5) is 0 Å². The molecule has 0 saturated heterocycles. The highest BCUT2D eigenvalue weighted by Crippen LogP contribution is 2.24. The zero-order valence-electron chi connectivity index (χ0n) is 11.5. The van der Waals surface area contributed by atoms with Gasteiger partial charge in [0.15, 0.2) is 0 Å². The van der Waals surface area contributed by atoms with E-state index in [4.69, 9.17) is 9.84 Å². The van der Waals surface area contributed by atoms with E-state index >= 15 is 0 Å². The molecule has 112 valence electrons. The van der Waals surface area contributed by atoms with Gasteiger partial charge in [0.25, 0.3) is 0 Å². The van der Waals surface area contributed by atoms with E-state index in [9.17, 15) is 13.2 Å². The van der Waals surface area contributed by atoms with E-state index in [-0.39, 0.29) is 18.6 Å². The number of carboxylic acid groups (broad SMARTS) is 1. The van der Waals surface area contributed by atoms with Crippen LogP contribution >= 0.6 is 0 Å². The summed E-state index contributed by atoms with van der Waals surface area (Å²) in [6, 6.07) is 6.69. The van der Waals surface area contributed by atoms with Gasteiger partial charge in [-0.3, -0.25) is 4.79 Å². The molecule has 0 heterocycles. The number of nitrogens with one attached hydrogen (secondary N) is 1. The summed E-state index contributed by atoms with van der Waals surface area (Å²) in [5, 5.41) is 8.51. The molecular formula is C13H19NO5S. The fourth-order valence-corrected chi connectivity index (χ4v) is 3.14. The quantitative estimate of drug-likeness (QED) is 0.760. The molecule has 0 aliphatic carbocycles. The molecule has 0 aliphatic heterocycles. The Bertz CT molecular complexity index is 556. The number of rotatable bonds is 8. The second kappa shape index (κ2) is 7.25. The third-order valence-corrected chi connectivity index (χ3v) is 4.30. The monoisotopic (exact) mass is 301 g/mol. The molecule has 0 spiro atoms. The Morgan fingerprint density at radius 1 is 1.40 bits per heavy atom. The number of hydrogen-bond acceptors (Lipinski definition) is 4. The lowest BCUT2D eigenvalue weighted by Crippen LogP contribution is -2.29. The van der Waals surface area contributed by atoms with Crippen LogP contribution in [0.15, 0.2) is 24.3 Å². The zero-order valence-corrected chi connectivity index (χ0v) is 12.3. The number of hydrogen-bond donors (Lipinski definition) is 2. The smallest absolute Gasteiger partial charge is 0.303 e. The number of benzene rings is 1. The summed E-state index contributed by atoms with van der Waals surface area (Å²) in [6.45, 7) is 1.71. The summed E-state index contributed by atoms with van der Waals surface area (Å²) in [5.41, 5.74) is 0.733. The zero-order chi connectivity index (χ0) is 15.2. The van der Waals surface area contributed by atoms with Crippen molar-refractivity contribution in [2.75, 3.05) is 12.9 Å². The van der Waals surface area contributed by atoms with Crippen LogP contribution in [0.3, 0.4) is 0 Å². The van der Waals surface area contributed by atoms with Gasteiger partial charge in [-0.05, 0) is 19.4 Å². The van der Waals surface area contributed by atoms with E-state index in [1.165, 1.54) is 7.11 Å². The number of aliphatic carboxylic acids is 1. The first-order chi connectivity index (χ1) is 9.35. The maximum atomic E-state index is 11.9. The maximum Gasteiger partial charge on any atom is 0.303 e. The summed E-state index contributed by atoms with van der Waals surface area (Å²) >= 11 is 0. The minimum atomic E-state index is -3.52. The van der Waals surface area contributed by atoms with Crippen LogP contribution in [0.5, 0.6) is 5.75 Å². The molecular weight excluding hydrogens is 282 g/mol. The van der Waals surface area contributed by atoms with Crippen molar-refractivity contribution in [3.8, 4) is 5.75 Å². The van der Waals surface area contributed by atoms with Crippen LogP contribution in [-0.2, 0) is 14.8 Å². The van der Waals surface area contributed by atoms with Crippen LogP contribution in [0.2, 0.25) is 0 Å². The van der Waals surface area contributed by atoms with Gasteiger partial charge >= 0.3 is 5.97 Å². The normalized spacial score (nSPS) is 12.9. The van der Waals surface area contributed by atoms with Crippen LogP contribution in [0, 0.1) is 0 Å². The first kappa shape index (κ1) is 16.5. The number of methoxy groups -OCH3 is 1. The summed E-state index contributed by atoms with van der Waals surface area (Å²) in [5.74, 6) is -0.607. The molecule has 0 bridgehead atoms. The lowest BCUT2D eigenvalue weighted by Gasteiger charge is -2.17. The molecule has 0 amide bonds. The number of sulfonamides is 1. The van der Waals surface area contributed by atoms with Crippen molar-refractivity contribution >= 4 is 16.0 Å². The van der Waals surface area contributed by atoms with Gasteiger partial charge in [-0.2, -0.15) is 0 Å². The minimum Gasteiger partial charge on any atom is -0.496 e. The SMILES string of the molecule is COc1ccccc1[C@@H](C)NS(=O)(=O)CCCC(=O)O. The van der Waals surface area contributed by atoms with Crippen molar-refractivity contribution in [2.45, 2.75) is 25.8 Å². The third-order valence-electron chi connectivity index (χ3n) is 2.77. The van der Waals surface area contributed by atoms with Crippen molar-refractivity contribution in [2.24, 2.45) is 0 Å². The Morgan fingerprint density at radius 3 is 2.65 bits per heavy atom. The Balaban J connectivity index is 2.69. The molecule has 0 fully saturated rings. The van der Waals surface area contributed by atoms with Crippen molar-refractivity contribution in [1.29, 1.82) is 0 Å². The van der Waals surface area contributed by atoms with Gasteiger partial charge in [-0.1, -0.05) is 18.2 Å². The number of ether oxygens (including phenoxy) is 1. The van der Waals surface area contributed by atoms with E-state index in [1.807, 2.05) is 0 Å². The van der Waals surface area contributed by atoms with E-state index in [2.05, 4.69) is 4.72 Å². The average molecular weight is 301 g/mol. The molecule has 0 aromatic heterocycles. The fourth-order valence-electron chi connectivity index (χ4n) is 1.83. The largest absolute Gasteiger partial charge is 0.496 e. The molecule has 7 heteroatoms. The summed E-state index contributed by atoms with van der Waals surface area (Å²) in [7, 11) is -2.00. The summed E-state index contributed by atoms with van der Waals surface area (Å²) < 4.78 is 31.4. The molecule has 6 nitrogen and oxygen atoms in total. The van der Waals surface area contributed by atoms with Gasteiger partial charge < -0.3 is 9.84 Å². The molecule has 0 saturated carbocycles. The number of para-hydroxylation sites is 1. The van der Waals surface area contributed by atoms with Gasteiger partial charge in [0.1, 0.15) is 5.75 Å². The molecule has 0 aliphatic rings. The molecule has 1 atom stereocenters. The second-order valence-corrected chi connectivity index (χ2v) is 6.27. The van der Waals surface area contributed by atoms with E-state index < -0.39 is 22.0 Å². The van der Waals surface area contributed by atoms with Crippen LogP contribution in [0.1, 0.15) is 31.4 Å². The highest BCUT2D eigenvalue weighted by atomic mass is 32.2. The van der Waals surface area contributed by atoms with Gasteiger partial charge in [-0.15, -0.1) is 0 Å². The Hall–Kier alpha value is -1.60. The first-order valence-electron chi connectivity index (χ1n) is 6.20. The predicted molar refractivity (Wildman–Crippen MR) is 75.2 cm³/mol. The third kappa shape index (κ3) is 5.18. The Labute approximate surface area is 118 Å². The molecule has 1 aromatic rings. The van der Waals surface area contributed by atoms with Crippen LogP contribution in [0.25, 0.3) is 0 Å². The molecule has 1 aromatic carbocycles. The van der Waals surface area contributed by atoms with E-state index in [0.29, 0.717) is 5.75 Å². The predicted octanol–water partition coefficient (Wildman–Crippen LogP) is 1.54. The highest BCUT2D eigenvalue weighted by Gasteiger charge is 2.18. The minimum absolute atomic E-state index is 0.0866. The first-order valence-corrected chi connectivity index (χ1v) is 7.85. The molecule has 0 radical (unpaired) electrons. The highest BCUT2D eigenvalue weighted by molar-refractivity contribution is 7.89. The van der Waals surface area contributed by atoms with Gasteiger partial charge in [0.2, 0.25) is 10.0 Å². The van der Waals surface area contributed by atoms with E-state index in [1.54, 1.807) is 31.2 Å². The standard InChI is InChI=1S/C13H19NO5S/c1-10(11-6-3-4-7-12(11)19-2)14-20(17,18)9-5-8-13(15)16/h3-4,6-7,10,14H,5,8-9H2,1-2H3,(H,15,16)/t10-/m1/s1. The molecule has 1 rings (SSSR count). The number of carbonyl (C=O) groups is 1. The van der Waals surface area contributed by atoms with Gasteiger partial charge in [0.05, 0.1) is 12.9 Å². The van der Waals surface area contributed by atoms with Crippen molar-refractivity contribution in [1.82, 2.24) is 4.72 Å². The lowest BCUT2D eigenvalue weighted by molar-refractivity contribution is -0.137. The average Bonchev–Trinajstić information content (AvgIpc) is 2.37. The summed E-state index contributed by atoms with van der Waals surface area (Å²) in [4.78, 5) is 10.4. The van der Waals surface area contributed by atoms with Gasteiger partial charge in [0, 0.05) is 18.0 Å². The number of carboxylic acids is 1. The molecule has 2 N–H and O–H groups in total. The van der Waals surface area contributed by atoms with Crippen LogP contribution in [-0.4, -0.2) is 32.4 Å². The fraction of sp³-hybridized carbons (Fsp3) is 0.462. The molecule has 20 heavy (non-hydrogen) atoms. The van der Waals surface area contributed by atoms with Gasteiger partial charge in [-0.25, -0.2) is 13.1 Å². The molecule has 0 unspecified atom stereocenters. The lowest BCUT2D eigenvalue weighted by atomic mass is 10.1. The summed E-state index contributed by atoms with van der Waals surface area (Å²) in [6.07, 6.45) is -0.0761. The maximum absolute atomic E-state index is 11.9. The Morgan fingerprint density at radius 2 is 2.05 bits per heavy atom. The van der Waals surface area contributed by atoms with Crippen LogP contribution < -0.4 is 9.46 Å². The van der Waals surface area contributed by atoms with Crippen molar-refractivity contribution in [3.05, 3.63) is 29.8 Å². The van der Waals surface area contributed by atoms with Crippen molar-refractivity contribution < 1.29 is 23.1 Å². The second-order valence-electron chi connectivity index (χ2n) is 4.40. The Kier molecular flexibility index (Phi) is 5.97. The van der Waals surface area contributed by atoms with E-state index in [0.717, 1.165) is 5.56 Å². The van der Waals surface area contributed by atoms with Crippen molar-refractivity contribution in [3.63, 3.8) is 0 Å². The topological polar surface area (TPSA) is 92.7 Å².